The fourth-order valence-electron chi connectivity index (χ4n) is 5.31. The Bertz CT molecular complexity index is 720. The van der Waals surface area contributed by atoms with E-state index in [2.05, 4.69) is 46.5 Å². The van der Waals surface area contributed by atoms with Crippen LogP contribution in [-0.4, -0.2) is 58.0 Å². The highest BCUT2D eigenvalue weighted by molar-refractivity contribution is 5.81. The maximum atomic E-state index is 6.04. The minimum absolute atomic E-state index is 0.141. The minimum Gasteiger partial charge on any atom is -0.495 e. The van der Waals surface area contributed by atoms with E-state index in [-0.39, 0.29) is 5.41 Å². The number of benzene rings is 1. The van der Waals surface area contributed by atoms with Crippen molar-refractivity contribution in [3.05, 3.63) is 24.3 Å². The molecule has 2 N–H and O–H groups in total. The van der Waals surface area contributed by atoms with Gasteiger partial charge in [-0.25, -0.2) is 0 Å². The number of guanidine groups is 1. The summed E-state index contributed by atoms with van der Waals surface area (Å²) in [6.07, 6.45) is 3.87. The number of para-hydroxylation sites is 2. The van der Waals surface area contributed by atoms with Crippen LogP contribution >= 0.6 is 0 Å². The lowest BCUT2D eigenvalue weighted by atomic mass is 9.55. The molecule has 2 saturated heterocycles. The van der Waals surface area contributed by atoms with E-state index < -0.39 is 0 Å². The molecule has 2 heterocycles. The fourth-order valence-corrected chi connectivity index (χ4v) is 5.31. The molecular weight excluding hydrogens is 352 g/mol. The van der Waals surface area contributed by atoms with Crippen LogP contribution in [0.3, 0.4) is 0 Å². The number of hydrogen-bond acceptors (Lipinski definition) is 4. The zero-order valence-corrected chi connectivity index (χ0v) is 17.6. The molecule has 0 aromatic heterocycles. The summed E-state index contributed by atoms with van der Waals surface area (Å²) >= 11 is 0. The van der Waals surface area contributed by atoms with Gasteiger partial charge in [-0.1, -0.05) is 26.0 Å². The summed E-state index contributed by atoms with van der Waals surface area (Å²) in [5.74, 6) is 2.44. The van der Waals surface area contributed by atoms with Crippen molar-refractivity contribution in [1.82, 2.24) is 10.6 Å². The second-order valence-corrected chi connectivity index (χ2v) is 8.86. The van der Waals surface area contributed by atoms with E-state index in [4.69, 9.17) is 9.47 Å². The third-order valence-corrected chi connectivity index (χ3v) is 6.80. The molecule has 4 unspecified atom stereocenters. The number of anilines is 1. The number of ether oxygens (including phenoxy) is 2. The number of methoxy groups -OCH3 is 1. The second-order valence-electron chi connectivity index (χ2n) is 8.86. The first kappa shape index (κ1) is 19.4. The van der Waals surface area contributed by atoms with Crippen molar-refractivity contribution in [2.45, 2.75) is 51.3 Å². The summed E-state index contributed by atoms with van der Waals surface area (Å²) in [5.41, 5.74) is 1.31. The van der Waals surface area contributed by atoms with Gasteiger partial charge in [-0.3, -0.25) is 4.99 Å². The number of fused-ring (bicyclic) bond motifs is 1. The summed E-state index contributed by atoms with van der Waals surface area (Å²) in [6.45, 7) is 7.49. The Morgan fingerprint density at radius 2 is 2.07 bits per heavy atom. The third kappa shape index (κ3) is 3.43. The van der Waals surface area contributed by atoms with Crippen molar-refractivity contribution in [3.8, 4) is 5.75 Å². The maximum Gasteiger partial charge on any atom is 0.191 e. The van der Waals surface area contributed by atoms with Gasteiger partial charge in [-0.2, -0.15) is 0 Å². The smallest absolute Gasteiger partial charge is 0.191 e. The second kappa shape index (κ2) is 7.82. The molecule has 1 aliphatic carbocycles. The van der Waals surface area contributed by atoms with Crippen LogP contribution in [0.4, 0.5) is 5.69 Å². The number of nitrogens with one attached hydrogen (secondary N) is 2. The normalized spacial score (nSPS) is 31.7. The molecule has 2 aliphatic heterocycles. The van der Waals surface area contributed by atoms with Crippen LogP contribution in [0.15, 0.2) is 29.3 Å². The molecule has 0 amide bonds. The lowest BCUT2D eigenvalue weighted by Crippen LogP contribution is -2.71. The Balaban J connectivity index is 1.36. The van der Waals surface area contributed by atoms with Gasteiger partial charge in [-0.05, 0) is 31.4 Å². The average molecular weight is 387 g/mol. The van der Waals surface area contributed by atoms with E-state index in [0.29, 0.717) is 24.1 Å². The molecule has 0 spiro atoms. The predicted octanol–water partition coefficient (Wildman–Crippen LogP) is 2.64. The number of nitrogens with zero attached hydrogens (tertiary/aromatic N) is 2. The average Bonchev–Trinajstić information content (AvgIpc) is 3.19. The topological polar surface area (TPSA) is 58.1 Å². The Morgan fingerprint density at radius 1 is 1.25 bits per heavy atom. The van der Waals surface area contributed by atoms with Crippen LogP contribution < -0.4 is 20.3 Å². The molecule has 1 aromatic carbocycles. The SMILES string of the molecule is CN=C(NC1CCN(c2ccccc2OC)C1)NC1C2CCCOC2C1(C)C. The molecule has 0 radical (unpaired) electrons. The van der Waals surface area contributed by atoms with Gasteiger partial charge in [0.1, 0.15) is 5.75 Å². The molecule has 4 atom stereocenters. The Labute approximate surface area is 168 Å². The van der Waals surface area contributed by atoms with Crippen molar-refractivity contribution in [1.29, 1.82) is 0 Å². The number of rotatable bonds is 4. The quantitative estimate of drug-likeness (QED) is 0.615. The van der Waals surface area contributed by atoms with E-state index >= 15 is 0 Å². The van der Waals surface area contributed by atoms with Crippen molar-refractivity contribution < 1.29 is 9.47 Å². The summed E-state index contributed by atoms with van der Waals surface area (Å²) in [6, 6.07) is 9.03. The lowest BCUT2D eigenvalue weighted by molar-refractivity contribution is -0.188. The van der Waals surface area contributed by atoms with E-state index in [1.165, 1.54) is 12.1 Å². The molecule has 0 bridgehead atoms. The Kier molecular flexibility index (Phi) is 5.41. The highest BCUT2D eigenvalue weighted by Crippen LogP contribution is 2.51. The first-order chi connectivity index (χ1) is 13.5. The van der Waals surface area contributed by atoms with Gasteiger partial charge in [0.25, 0.3) is 0 Å². The van der Waals surface area contributed by atoms with Crippen molar-refractivity contribution in [3.63, 3.8) is 0 Å². The fraction of sp³-hybridized carbons (Fsp3) is 0.682. The molecule has 6 nitrogen and oxygen atoms in total. The molecule has 3 aliphatic rings. The molecule has 4 rings (SSSR count). The van der Waals surface area contributed by atoms with E-state index in [9.17, 15) is 0 Å². The van der Waals surface area contributed by atoms with Gasteiger partial charge in [0.15, 0.2) is 5.96 Å². The van der Waals surface area contributed by atoms with Crippen LogP contribution in [0.2, 0.25) is 0 Å². The number of aliphatic imine (C=N–C) groups is 1. The minimum atomic E-state index is 0.141. The van der Waals surface area contributed by atoms with Crippen LogP contribution in [0.1, 0.15) is 33.1 Å². The van der Waals surface area contributed by atoms with Gasteiger partial charge in [0.2, 0.25) is 0 Å². The summed E-state index contributed by atoms with van der Waals surface area (Å²) in [4.78, 5) is 6.91. The highest BCUT2D eigenvalue weighted by Gasteiger charge is 2.58. The van der Waals surface area contributed by atoms with Crippen molar-refractivity contribution in [2.24, 2.45) is 16.3 Å². The van der Waals surface area contributed by atoms with Crippen molar-refractivity contribution in [2.75, 3.05) is 38.8 Å². The molecule has 154 valence electrons. The molecule has 1 aromatic rings. The highest BCUT2D eigenvalue weighted by atomic mass is 16.5. The third-order valence-electron chi connectivity index (χ3n) is 6.80. The Morgan fingerprint density at radius 3 is 2.86 bits per heavy atom. The first-order valence-corrected chi connectivity index (χ1v) is 10.5. The summed E-state index contributed by atoms with van der Waals surface area (Å²) < 4.78 is 11.6. The van der Waals surface area contributed by atoms with Crippen LogP contribution in [0.5, 0.6) is 5.75 Å². The van der Waals surface area contributed by atoms with Crippen LogP contribution in [0, 0.1) is 11.3 Å². The molecule has 1 saturated carbocycles. The van der Waals surface area contributed by atoms with Crippen LogP contribution in [0.25, 0.3) is 0 Å². The first-order valence-electron chi connectivity index (χ1n) is 10.5. The van der Waals surface area contributed by atoms with E-state index in [1.54, 1.807) is 7.11 Å². The van der Waals surface area contributed by atoms with E-state index in [1.807, 2.05) is 19.2 Å². The van der Waals surface area contributed by atoms with Crippen molar-refractivity contribution >= 4 is 11.6 Å². The summed E-state index contributed by atoms with van der Waals surface area (Å²) in [7, 11) is 3.60. The van der Waals surface area contributed by atoms with Crippen LogP contribution in [-0.2, 0) is 4.74 Å². The Hall–Kier alpha value is -1.95. The molecule has 28 heavy (non-hydrogen) atoms. The van der Waals surface area contributed by atoms with Gasteiger partial charge in [0, 0.05) is 50.2 Å². The zero-order valence-electron chi connectivity index (χ0n) is 17.6. The number of hydrogen-bond donors (Lipinski definition) is 2. The zero-order chi connectivity index (χ0) is 19.7. The maximum absolute atomic E-state index is 6.04. The molecular formula is C22H34N4O2. The van der Waals surface area contributed by atoms with Gasteiger partial charge >= 0.3 is 0 Å². The standard InChI is InChI=1S/C22H34N4O2/c1-22(2)19(16-8-7-13-28-20(16)22)25-21(23-3)24-15-11-12-26(14-15)17-9-5-6-10-18(17)27-4/h5-6,9-10,15-16,19-20H,7-8,11-14H2,1-4H3,(H2,23,24,25). The van der Waals surface area contributed by atoms with Gasteiger partial charge in [0.05, 0.1) is 18.9 Å². The lowest BCUT2D eigenvalue weighted by Gasteiger charge is -2.60. The summed E-state index contributed by atoms with van der Waals surface area (Å²) in [5, 5.41) is 7.36. The molecule has 6 heteroatoms. The van der Waals surface area contributed by atoms with E-state index in [0.717, 1.165) is 44.2 Å². The predicted molar refractivity (Wildman–Crippen MR) is 113 cm³/mol. The van der Waals surface area contributed by atoms with Gasteiger partial charge in [-0.15, -0.1) is 0 Å². The van der Waals surface area contributed by atoms with Gasteiger partial charge < -0.3 is 25.0 Å². The largest absolute Gasteiger partial charge is 0.495 e. The monoisotopic (exact) mass is 386 g/mol. The molecule has 3 fully saturated rings.